The highest BCUT2D eigenvalue weighted by atomic mass is 32.2. The predicted molar refractivity (Wildman–Crippen MR) is 117 cm³/mol. The van der Waals surface area contributed by atoms with Gasteiger partial charge in [0.1, 0.15) is 6.10 Å². The van der Waals surface area contributed by atoms with E-state index in [2.05, 4.69) is 0 Å². The van der Waals surface area contributed by atoms with Gasteiger partial charge in [0.25, 0.3) is 10.1 Å². The van der Waals surface area contributed by atoms with Crippen LogP contribution >= 0.6 is 0 Å². The largest absolute Gasteiger partial charge is 0.452 e. The highest BCUT2D eigenvalue weighted by Gasteiger charge is 2.52. The first-order valence-electron chi connectivity index (χ1n) is 10.3. The minimum absolute atomic E-state index is 0.163. The van der Waals surface area contributed by atoms with Gasteiger partial charge in [0.2, 0.25) is 12.4 Å². The lowest BCUT2D eigenvalue weighted by Crippen LogP contribution is -2.61. The van der Waals surface area contributed by atoms with E-state index in [4.69, 9.17) is 23.1 Å². The van der Waals surface area contributed by atoms with Gasteiger partial charge in [-0.25, -0.2) is 9.59 Å². The number of hydrogen-bond acceptors (Lipinski definition) is 10. The molecular formula is C23H24O10S. The van der Waals surface area contributed by atoms with Crippen molar-refractivity contribution in [3.8, 4) is 0 Å². The fourth-order valence-corrected chi connectivity index (χ4v) is 4.03. The van der Waals surface area contributed by atoms with Gasteiger partial charge >= 0.3 is 17.9 Å². The number of ether oxygens (including phenoxy) is 4. The minimum Gasteiger partial charge on any atom is -0.452 e. The van der Waals surface area contributed by atoms with Gasteiger partial charge in [0, 0.05) is 6.92 Å². The molecule has 2 aromatic rings. The highest BCUT2D eigenvalue weighted by molar-refractivity contribution is 7.86. The molecule has 1 fully saturated rings. The Labute approximate surface area is 196 Å². The Morgan fingerprint density at radius 2 is 1.24 bits per heavy atom. The van der Waals surface area contributed by atoms with Crippen LogP contribution in [-0.4, -0.2) is 63.3 Å². The highest BCUT2D eigenvalue weighted by Crippen LogP contribution is 2.31. The van der Waals surface area contributed by atoms with E-state index in [-0.39, 0.29) is 11.1 Å². The van der Waals surface area contributed by atoms with Gasteiger partial charge in [-0.05, 0) is 31.2 Å². The molecule has 0 aromatic heterocycles. The molecule has 182 valence electrons. The molecule has 2 aromatic carbocycles. The van der Waals surface area contributed by atoms with Crippen molar-refractivity contribution < 1.29 is 45.9 Å². The molecule has 0 radical (unpaired) electrons. The summed E-state index contributed by atoms with van der Waals surface area (Å²) in [6.45, 7) is 2.57. The van der Waals surface area contributed by atoms with E-state index in [0.717, 1.165) is 13.2 Å². The van der Waals surface area contributed by atoms with Gasteiger partial charge in [-0.15, -0.1) is 0 Å². The summed E-state index contributed by atoms with van der Waals surface area (Å²) in [5, 5.41) is 0. The zero-order valence-corrected chi connectivity index (χ0v) is 19.5. The maximum Gasteiger partial charge on any atom is 0.338 e. The van der Waals surface area contributed by atoms with Gasteiger partial charge in [-0.2, -0.15) is 8.42 Å². The molecule has 3 rings (SSSR count). The van der Waals surface area contributed by atoms with Crippen molar-refractivity contribution in [2.24, 2.45) is 0 Å². The number of carbonyl (C=O) groups is 3. The molecule has 1 aliphatic rings. The predicted octanol–water partition coefficient (Wildman–Crippen LogP) is 2.09. The summed E-state index contributed by atoms with van der Waals surface area (Å²) in [7, 11) is -4.05. The van der Waals surface area contributed by atoms with E-state index in [1.165, 1.54) is 31.2 Å². The van der Waals surface area contributed by atoms with Crippen LogP contribution < -0.4 is 0 Å². The number of carbonyl (C=O) groups excluding carboxylic acids is 3. The fraction of sp³-hybridized carbons (Fsp3) is 0.348. The van der Waals surface area contributed by atoms with Crippen LogP contribution in [0.25, 0.3) is 0 Å². The van der Waals surface area contributed by atoms with Gasteiger partial charge in [-0.3, -0.25) is 8.98 Å². The lowest BCUT2D eigenvalue weighted by atomic mass is 9.99. The Balaban J connectivity index is 2.00. The second-order valence-corrected chi connectivity index (χ2v) is 9.16. The standard InChI is InChI=1S/C23H24O10S/c1-14-18(33-34(3,27)28)19(31-21(25)16-10-6-4-7-11-16)20(23(29-14)30-15(2)24)32-22(26)17-12-8-5-9-13-17/h4-14,18-20,23H,1-3H3/t14-,18+,19+,20-,23?/m0/s1. The van der Waals surface area contributed by atoms with Crippen molar-refractivity contribution >= 4 is 28.0 Å². The molecular weight excluding hydrogens is 468 g/mol. The van der Waals surface area contributed by atoms with Crippen LogP contribution in [0, 0.1) is 0 Å². The van der Waals surface area contributed by atoms with Crippen molar-refractivity contribution in [3.05, 3.63) is 71.8 Å². The Morgan fingerprint density at radius 3 is 1.68 bits per heavy atom. The Morgan fingerprint density at radius 1 is 0.765 bits per heavy atom. The quantitative estimate of drug-likeness (QED) is 0.321. The van der Waals surface area contributed by atoms with Crippen molar-refractivity contribution in [1.82, 2.24) is 0 Å². The zero-order chi connectivity index (χ0) is 24.9. The first-order valence-corrected chi connectivity index (χ1v) is 12.1. The van der Waals surface area contributed by atoms with Gasteiger partial charge in [0.05, 0.1) is 23.5 Å². The Bertz CT molecular complexity index is 1120. The molecule has 1 saturated heterocycles. The molecule has 0 bridgehead atoms. The van der Waals surface area contributed by atoms with E-state index in [0.29, 0.717) is 0 Å². The zero-order valence-electron chi connectivity index (χ0n) is 18.7. The maximum atomic E-state index is 12.8. The molecule has 11 heteroatoms. The SMILES string of the molecule is CC(=O)OC1O[C@@H](C)[C@@H](OS(C)(=O)=O)[C@@H](OC(=O)c2ccccc2)[C@@H]1OC(=O)c1ccccc1. The van der Waals surface area contributed by atoms with Crippen LogP contribution in [0.15, 0.2) is 60.7 Å². The maximum absolute atomic E-state index is 12.8. The third-order valence-electron chi connectivity index (χ3n) is 4.80. The first-order chi connectivity index (χ1) is 16.0. The molecule has 34 heavy (non-hydrogen) atoms. The molecule has 0 aliphatic carbocycles. The van der Waals surface area contributed by atoms with E-state index >= 15 is 0 Å². The molecule has 0 spiro atoms. The summed E-state index contributed by atoms with van der Waals surface area (Å²) >= 11 is 0. The van der Waals surface area contributed by atoms with Gasteiger partial charge in [0.15, 0.2) is 6.10 Å². The van der Waals surface area contributed by atoms with Crippen LogP contribution in [0.5, 0.6) is 0 Å². The molecule has 5 atom stereocenters. The van der Waals surface area contributed by atoms with E-state index < -0.39 is 58.7 Å². The lowest BCUT2D eigenvalue weighted by Gasteiger charge is -2.42. The van der Waals surface area contributed by atoms with Crippen LogP contribution in [0.2, 0.25) is 0 Å². The topological polar surface area (TPSA) is 132 Å². The average Bonchev–Trinajstić information content (AvgIpc) is 2.78. The smallest absolute Gasteiger partial charge is 0.338 e. The summed E-state index contributed by atoms with van der Waals surface area (Å²) in [6.07, 6.45) is -6.13. The summed E-state index contributed by atoms with van der Waals surface area (Å²) in [6, 6.07) is 15.8. The molecule has 0 N–H and O–H groups in total. The summed E-state index contributed by atoms with van der Waals surface area (Å²) in [5.74, 6) is -2.42. The van der Waals surface area contributed by atoms with Crippen molar-refractivity contribution in [3.63, 3.8) is 0 Å². The van der Waals surface area contributed by atoms with Crippen molar-refractivity contribution in [2.45, 2.75) is 44.6 Å². The van der Waals surface area contributed by atoms with Crippen molar-refractivity contribution in [1.29, 1.82) is 0 Å². The number of benzene rings is 2. The molecule has 1 unspecified atom stereocenters. The van der Waals surface area contributed by atoms with Crippen LogP contribution in [0.4, 0.5) is 0 Å². The van der Waals surface area contributed by atoms with E-state index in [1.54, 1.807) is 36.4 Å². The first kappa shape index (κ1) is 25.3. The van der Waals surface area contributed by atoms with E-state index in [9.17, 15) is 22.8 Å². The lowest BCUT2D eigenvalue weighted by molar-refractivity contribution is -0.278. The second-order valence-electron chi connectivity index (χ2n) is 7.56. The molecule has 0 saturated carbocycles. The second kappa shape index (κ2) is 10.8. The van der Waals surface area contributed by atoms with Crippen molar-refractivity contribution in [2.75, 3.05) is 6.26 Å². The molecule has 10 nitrogen and oxygen atoms in total. The molecule has 1 aliphatic heterocycles. The van der Waals surface area contributed by atoms with Gasteiger partial charge in [-0.1, -0.05) is 36.4 Å². The number of hydrogen-bond donors (Lipinski definition) is 0. The van der Waals surface area contributed by atoms with Crippen LogP contribution in [0.1, 0.15) is 34.6 Å². The number of rotatable bonds is 7. The van der Waals surface area contributed by atoms with E-state index in [1.807, 2.05) is 0 Å². The molecule has 0 amide bonds. The third-order valence-corrected chi connectivity index (χ3v) is 5.37. The summed E-state index contributed by atoms with van der Waals surface area (Å²) < 4.78 is 51.0. The van der Waals surface area contributed by atoms with Crippen LogP contribution in [-0.2, 0) is 38.0 Å². The van der Waals surface area contributed by atoms with Crippen LogP contribution in [0.3, 0.4) is 0 Å². The monoisotopic (exact) mass is 492 g/mol. The Kier molecular flexibility index (Phi) is 8.02. The molecule has 1 heterocycles. The average molecular weight is 493 g/mol. The third kappa shape index (κ3) is 6.62. The normalized spacial score (nSPS) is 24.6. The summed E-state index contributed by atoms with van der Waals surface area (Å²) in [5.41, 5.74) is 0.327. The fourth-order valence-electron chi connectivity index (χ4n) is 3.36. The Hall–Kier alpha value is -3.28. The summed E-state index contributed by atoms with van der Waals surface area (Å²) in [4.78, 5) is 37.3. The van der Waals surface area contributed by atoms with Gasteiger partial charge < -0.3 is 18.9 Å². The minimum atomic E-state index is -4.05. The number of esters is 3.